The van der Waals surface area contributed by atoms with Gasteiger partial charge in [0.15, 0.2) is 5.60 Å². The number of alkyl halides is 3. The molecule has 6 rings (SSSR count). The molecule has 0 saturated carbocycles. The predicted molar refractivity (Wildman–Crippen MR) is 135 cm³/mol. The van der Waals surface area contributed by atoms with E-state index in [1.165, 1.54) is 16.7 Å². The second-order valence-corrected chi connectivity index (χ2v) is 10.9. The number of esters is 1. The van der Waals surface area contributed by atoms with Gasteiger partial charge in [0.05, 0.1) is 35.1 Å². The molecular weight excluding hydrogens is 550 g/mol. The van der Waals surface area contributed by atoms with Gasteiger partial charge in [-0.05, 0) is 55.9 Å². The number of aryl methyl sites for hydroxylation is 1. The Balaban J connectivity index is 1.60. The van der Waals surface area contributed by atoms with Crippen molar-refractivity contribution < 1.29 is 42.1 Å². The average Bonchev–Trinajstić information content (AvgIpc) is 3.28. The van der Waals surface area contributed by atoms with Gasteiger partial charge in [-0.3, -0.25) is 9.59 Å². The molecule has 1 aliphatic carbocycles. The number of fused-ring (bicyclic) bond motifs is 5. The van der Waals surface area contributed by atoms with E-state index in [0.29, 0.717) is 34.6 Å². The summed E-state index contributed by atoms with van der Waals surface area (Å²) in [6, 6.07) is 1.63. The first-order valence-corrected chi connectivity index (χ1v) is 13.0. The van der Waals surface area contributed by atoms with Crippen LogP contribution in [0.15, 0.2) is 16.9 Å². The van der Waals surface area contributed by atoms with E-state index in [1.54, 1.807) is 13.8 Å². The Morgan fingerprint density at radius 2 is 1.95 bits per heavy atom. The Kier molecular flexibility index (Phi) is 5.72. The summed E-state index contributed by atoms with van der Waals surface area (Å²) in [5, 5.41) is 23.9. The van der Waals surface area contributed by atoms with Crippen LogP contribution in [0.1, 0.15) is 66.1 Å². The van der Waals surface area contributed by atoms with Gasteiger partial charge < -0.3 is 24.8 Å². The van der Waals surface area contributed by atoms with Crippen LogP contribution in [0.3, 0.4) is 0 Å². The summed E-state index contributed by atoms with van der Waals surface area (Å²) in [7, 11) is 0. The largest absolute Gasteiger partial charge is 0.458 e. The van der Waals surface area contributed by atoms with E-state index >= 15 is 0 Å². The summed E-state index contributed by atoms with van der Waals surface area (Å²) >= 11 is 0. The van der Waals surface area contributed by atoms with Crippen molar-refractivity contribution in [3.05, 3.63) is 61.7 Å². The van der Waals surface area contributed by atoms with E-state index in [9.17, 15) is 42.2 Å². The number of cyclic esters (lactones) is 1. The molecule has 3 N–H and O–H groups in total. The Bertz CT molecular complexity index is 1760. The van der Waals surface area contributed by atoms with Crippen molar-refractivity contribution in [2.75, 3.05) is 0 Å². The smallest absolute Gasteiger partial charge is 0.426 e. The molecule has 0 fully saturated rings. The van der Waals surface area contributed by atoms with Crippen molar-refractivity contribution >= 4 is 22.8 Å². The number of hydrogen-bond acceptors (Lipinski definition) is 7. The lowest BCUT2D eigenvalue weighted by atomic mass is 9.81. The summed E-state index contributed by atoms with van der Waals surface area (Å²) in [6.07, 6.45) is -5.00. The number of amides is 1. The number of pyridine rings is 2. The van der Waals surface area contributed by atoms with Crippen LogP contribution in [-0.4, -0.2) is 43.4 Å². The van der Waals surface area contributed by atoms with Gasteiger partial charge in [0, 0.05) is 22.6 Å². The molecule has 2 aromatic heterocycles. The Labute approximate surface area is 229 Å². The molecule has 2 aliphatic heterocycles. The van der Waals surface area contributed by atoms with Crippen molar-refractivity contribution in [2.24, 2.45) is 0 Å². The third kappa shape index (κ3) is 3.61. The van der Waals surface area contributed by atoms with Gasteiger partial charge in [-0.2, -0.15) is 13.2 Å². The van der Waals surface area contributed by atoms with E-state index in [0.717, 1.165) is 0 Å². The maximum absolute atomic E-state index is 15.0. The molecule has 13 heteroatoms. The molecule has 3 atom stereocenters. The SMILES string of the molecule is CC[C@@]1(O)C(=O)OCc2c1cc1n(c2=O)Cc2c-1nc1cc(F)c(C)c3c1c2[C@@H](NC(=O)[C@@](C)(O)C(F)(F)F)CC3. The highest BCUT2D eigenvalue weighted by molar-refractivity contribution is 5.94. The van der Waals surface area contributed by atoms with Gasteiger partial charge in [0.25, 0.3) is 11.5 Å². The Hall–Kier alpha value is -3.84. The van der Waals surface area contributed by atoms with Gasteiger partial charge in [-0.1, -0.05) is 6.92 Å². The molecule has 0 saturated heterocycles. The van der Waals surface area contributed by atoms with Crippen LogP contribution >= 0.6 is 0 Å². The van der Waals surface area contributed by atoms with Crippen LogP contribution in [0.5, 0.6) is 0 Å². The van der Waals surface area contributed by atoms with Crippen LogP contribution in [0.25, 0.3) is 22.3 Å². The highest BCUT2D eigenvalue weighted by atomic mass is 19.4. The minimum absolute atomic E-state index is 0.0674. The van der Waals surface area contributed by atoms with E-state index in [1.807, 2.05) is 0 Å². The second-order valence-electron chi connectivity index (χ2n) is 10.9. The summed E-state index contributed by atoms with van der Waals surface area (Å²) < 4.78 is 61.8. The second kappa shape index (κ2) is 8.58. The highest BCUT2D eigenvalue weighted by Gasteiger charge is 2.56. The van der Waals surface area contributed by atoms with E-state index in [-0.39, 0.29) is 60.4 Å². The van der Waals surface area contributed by atoms with Crippen LogP contribution in [0, 0.1) is 12.7 Å². The van der Waals surface area contributed by atoms with Gasteiger partial charge in [-0.25, -0.2) is 14.2 Å². The first-order chi connectivity index (χ1) is 19.1. The number of halogens is 4. The van der Waals surface area contributed by atoms with Crippen molar-refractivity contribution in [2.45, 2.75) is 76.6 Å². The Morgan fingerprint density at radius 3 is 2.61 bits per heavy atom. The fourth-order valence-corrected chi connectivity index (χ4v) is 6.13. The fraction of sp³-hybridized carbons (Fsp3) is 0.429. The zero-order chi connectivity index (χ0) is 29.8. The zero-order valence-electron chi connectivity index (χ0n) is 22.2. The summed E-state index contributed by atoms with van der Waals surface area (Å²) in [5.74, 6) is -3.10. The first kappa shape index (κ1) is 27.3. The predicted octanol–water partition coefficient (Wildman–Crippen LogP) is 2.94. The molecule has 0 radical (unpaired) electrons. The highest BCUT2D eigenvalue weighted by Crippen LogP contribution is 2.46. The van der Waals surface area contributed by atoms with Crippen LogP contribution < -0.4 is 10.9 Å². The summed E-state index contributed by atoms with van der Waals surface area (Å²) in [5.41, 5.74) is -3.83. The number of benzene rings is 1. The van der Waals surface area contributed by atoms with Gasteiger partial charge in [-0.15, -0.1) is 0 Å². The number of carbonyl (C=O) groups is 2. The third-order valence-corrected chi connectivity index (χ3v) is 8.68. The van der Waals surface area contributed by atoms with Gasteiger partial charge >= 0.3 is 12.1 Å². The van der Waals surface area contributed by atoms with Crippen molar-refractivity contribution in [1.29, 1.82) is 0 Å². The number of rotatable bonds is 3. The molecule has 41 heavy (non-hydrogen) atoms. The monoisotopic (exact) mass is 575 g/mol. The Morgan fingerprint density at radius 1 is 1.24 bits per heavy atom. The summed E-state index contributed by atoms with van der Waals surface area (Å²) in [6.45, 7) is 3.06. The number of aromatic nitrogens is 2. The molecule has 0 unspecified atom stereocenters. The molecule has 1 amide bonds. The molecule has 3 aromatic rings. The van der Waals surface area contributed by atoms with Crippen LogP contribution in [0.2, 0.25) is 0 Å². The first-order valence-electron chi connectivity index (χ1n) is 13.0. The quantitative estimate of drug-likeness (QED) is 0.253. The maximum Gasteiger partial charge on any atom is 0.426 e. The molecule has 216 valence electrons. The molecule has 1 aromatic carbocycles. The maximum atomic E-state index is 15.0. The van der Waals surface area contributed by atoms with Crippen molar-refractivity contribution in [3.8, 4) is 11.4 Å². The number of nitrogens with zero attached hydrogens (tertiary/aromatic N) is 2. The van der Waals surface area contributed by atoms with Crippen LogP contribution in [0.4, 0.5) is 17.6 Å². The minimum Gasteiger partial charge on any atom is -0.458 e. The van der Waals surface area contributed by atoms with E-state index < -0.39 is 46.7 Å². The normalized spacial score (nSPS) is 22.5. The molecular formula is C28H25F4N3O6. The molecule has 9 nitrogen and oxygen atoms in total. The lowest BCUT2D eigenvalue weighted by molar-refractivity contribution is -0.245. The van der Waals surface area contributed by atoms with E-state index in [4.69, 9.17) is 4.74 Å². The van der Waals surface area contributed by atoms with Crippen molar-refractivity contribution in [1.82, 2.24) is 14.9 Å². The van der Waals surface area contributed by atoms with Crippen molar-refractivity contribution in [3.63, 3.8) is 0 Å². The molecule has 3 aliphatic rings. The number of aliphatic hydroxyl groups is 2. The third-order valence-electron chi connectivity index (χ3n) is 8.68. The van der Waals surface area contributed by atoms with Gasteiger partial charge in [0.2, 0.25) is 5.60 Å². The van der Waals surface area contributed by atoms with Gasteiger partial charge in [0.1, 0.15) is 12.4 Å². The number of hydrogen-bond donors (Lipinski definition) is 3. The summed E-state index contributed by atoms with van der Waals surface area (Å²) in [4.78, 5) is 43.5. The minimum atomic E-state index is -5.24. The zero-order valence-corrected chi connectivity index (χ0v) is 22.2. The average molecular weight is 576 g/mol. The standard InChI is InChI=1S/C28H25F4N3O6/c1-4-27(40)15-7-19-22-13(9-35(19)23(36)14(15)10-41-25(27)38)21-17(34-24(37)26(3,39)28(30,31)32)6-5-12-11(2)16(29)8-18(33-22)20(12)21/h7-8,17,39-40H,4-6,9-10H2,1-3H3,(H,34,37)/t17-,26+,27-/m0/s1. The topological polar surface area (TPSA) is 131 Å². The van der Waals surface area contributed by atoms with Crippen LogP contribution in [-0.2, 0) is 39.5 Å². The molecule has 0 bridgehead atoms. The number of carbonyl (C=O) groups excluding carboxylic acids is 2. The molecule has 0 spiro atoms. The molecule has 4 heterocycles. The lowest BCUT2D eigenvalue weighted by Crippen LogP contribution is -2.55. The van der Waals surface area contributed by atoms with E-state index in [2.05, 4.69) is 10.3 Å². The fourth-order valence-electron chi connectivity index (χ4n) is 6.13. The number of nitrogens with one attached hydrogen (secondary N) is 1. The lowest BCUT2D eigenvalue weighted by Gasteiger charge is -2.32. The number of ether oxygens (including phenoxy) is 1.